The molecule has 0 aliphatic heterocycles. The standard InChI is InChI=1S/C13H8ClF7O/c1-7-2-4-8(5-3-7)9(14)6-10(22)11(15,16)12(17,18)13(19,20)21/h2-6H,1H3/b9-6-. The van der Waals surface area contributed by atoms with Crippen molar-refractivity contribution in [2.45, 2.75) is 24.9 Å². The fourth-order valence-corrected chi connectivity index (χ4v) is 1.56. The fourth-order valence-electron chi connectivity index (χ4n) is 1.33. The molecule has 0 amide bonds. The highest BCUT2D eigenvalue weighted by Crippen LogP contribution is 2.47. The maximum Gasteiger partial charge on any atom is 0.460 e. The molecule has 0 aromatic heterocycles. The van der Waals surface area contributed by atoms with Crippen molar-refractivity contribution in [3.63, 3.8) is 0 Å². The topological polar surface area (TPSA) is 17.1 Å². The van der Waals surface area contributed by atoms with Crippen LogP contribution in [0.2, 0.25) is 0 Å². The van der Waals surface area contributed by atoms with Crippen LogP contribution >= 0.6 is 11.6 Å². The van der Waals surface area contributed by atoms with Gasteiger partial charge >= 0.3 is 18.0 Å². The number of alkyl halides is 7. The third-order valence-electron chi connectivity index (χ3n) is 2.64. The van der Waals surface area contributed by atoms with E-state index in [0.29, 0.717) is 0 Å². The molecule has 0 spiro atoms. The van der Waals surface area contributed by atoms with Gasteiger partial charge in [-0.2, -0.15) is 30.7 Å². The lowest BCUT2D eigenvalue weighted by atomic mass is 10.0. The van der Waals surface area contributed by atoms with Gasteiger partial charge in [-0.1, -0.05) is 41.4 Å². The molecule has 1 aromatic rings. The lowest BCUT2D eigenvalue weighted by Gasteiger charge is -2.26. The van der Waals surface area contributed by atoms with Gasteiger partial charge in [0.25, 0.3) is 0 Å². The van der Waals surface area contributed by atoms with Crippen LogP contribution in [0.1, 0.15) is 11.1 Å². The SMILES string of the molecule is Cc1ccc(/C(Cl)=C/C(=O)C(F)(F)C(F)(F)C(F)(F)F)cc1. The molecule has 0 saturated carbocycles. The molecular weight excluding hydrogens is 341 g/mol. The maximum absolute atomic E-state index is 13.1. The van der Waals surface area contributed by atoms with Crippen LogP contribution in [0.25, 0.3) is 5.03 Å². The summed E-state index contributed by atoms with van der Waals surface area (Å²) in [6.45, 7) is 1.69. The van der Waals surface area contributed by atoms with E-state index >= 15 is 0 Å². The second-order valence-electron chi connectivity index (χ2n) is 4.37. The molecule has 0 heterocycles. The molecule has 0 radical (unpaired) electrons. The number of allylic oxidation sites excluding steroid dienone is 1. The minimum Gasteiger partial charge on any atom is -0.288 e. The van der Waals surface area contributed by atoms with Gasteiger partial charge in [-0.3, -0.25) is 4.79 Å². The minimum atomic E-state index is -6.57. The molecule has 0 bridgehead atoms. The first-order valence-electron chi connectivity index (χ1n) is 5.61. The van der Waals surface area contributed by atoms with E-state index in [0.717, 1.165) is 5.56 Å². The molecule has 0 unspecified atom stereocenters. The number of hydrogen-bond acceptors (Lipinski definition) is 1. The van der Waals surface area contributed by atoms with Gasteiger partial charge in [-0.05, 0) is 12.5 Å². The normalized spacial score (nSPS) is 14.1. The minimum absolute atomic E-state index is 0.0201. The molecule has 0 atom stereocenters. The third kappa shape index (κ3) is 3.43. The van der Waals surface area contributed by atoms with Crippen LogP contribution in [0.4, 0.5) is 30.7 Å². The fraction of sp³-hybridized carbons (Fsp3) is 0.308. The molecule has 0 fully saturated rings. The molecule has 22 heavy (non-hydrogen) atoms. The highest BCUT2D eigenvalue weighted by atomic mass is 35.5. The molecule has 0 N–H and O–H groups in total. The predicted molar refractivity (Wildman–Crippen MR) is 66.0 cm³/mol. The highest BCUT2D eigenvalue weighted by Gasteiger charge is 2.75. The Morgan fingerprint density at radius 1 is 1.00 bits per heavy atom. The van der Waals surface area contributed by atoms with Gasteiger partial charge < -0.3 is 0 Å². The molecule has 1 nitrogen and oxygen atoms in total. The van der Waals surface area contributed by atoms with Gasteiger partial charge in [0, 0.05) is 6.08 Å². The zero-order chi connectivity index (χ0) is 17.3. The van der Waals surface area contributed by atoms with E-state index in [-0.39, 0.29) is 11.6 Å². The Balaban J connectivity index is 3.14. The summed E-state index contributed by atoms with van der Waals surface area (Å²) in [6, 6.07) is 5.56. The van der Waals surface area contributed by atoms with E-state index in [9.17, 15) is 35.5 Å². The van der Waals surface area contributed by atoms with Gasteiger partial charge in [0.05, 0.1) is 5.03 Å². The number of carbonyl (C=O) groups is 1. The first-order chi connectivity index (χ1) is 9.80. The summed E-state index contributed by atoms with van der Waals surface area (Å²) in [4.78, 5) is 11.1. The van der Waals surface area contributed by atoms with Crippen molar-refractivity contribution in [2.75, 3.05) is 0 Å². The average molecular weight is 349 g/mol. The summed E-state index contributed by atoms with van der Waals surface area (Å²) in [5, 5.41) is -0.678. The second kappa shape index (κ2) is 5.91. The first kappa shape index (κ1) is 18.5. The molecule has 1 rings (SSSR count). The Labute approximate surface area is 125 Å². The first-order valence-corrected chi connectivity index (χ1v) is 5.99. The van der Waals surface area contributed by atoms with Gasteiger partial charge in [0.15, 0.2) is 0 Å². The summed E-state index contributed by atoms with van der Waals surface area (Å²) in [5.41, 5.74) is 0.778. The summed E-state index contributed by atoms with van der Waals surface area (Å²) in [5.74, 6) is -15.2. The van der Waals surface area contributed by atoms with Crippen molar-refractivity contribution in [3.8, 4) is 0 Å². The van der Waals surface area contributed by atoms with Crippen LogP contribution < -0.4 is 0 Å². The van der Waals surface area contributed by atoms with E-state index in [1.165, 1.54) is 24.3 Å². The van der Waals surface area contributed by atoms with Crippen molar-refractivity contribution >= 4 is 22.4 Å². The lowest BCUT2D eigenvalue weighted by molar-refractivity contribution is -0.342. The largest absolute Gasteiger partial charge is 0.460 e. The predicted octanol–water partition coefficient (Wildman–Crippen LogP) is 4.98. The van der Waals surface area contributed by atoms with Gasteiger partial charge in [0.2, 0.25) is 5.78 Å². The summed E-state index contributed by atoms with van der Waals surface area (Å²) in [7, 11) is 0. The zero-order valence-corrected chi connectivity index (χ0v) is 11.6. The summed E-state index contributed by atoms with van der Waals surface area (Å²) in [6.07, 6.45) is -6.72. The number of aryl methyl sites for hydroxylation is 1. The zero-order valence-electron chi connectivity index (χ0n) is 10.8. The van der Waals surface area contributed by atoms with Crippen molar-refractivity contribution in [3.05, 3.63) is 41.5 Å². The van der Waals surface area contributed by atoms with Gasteiger partial charge in [0.1, 0.15) is 0 Å². The molecule has 1 aromatic carbocycles. The molecule has 9 heteroatoms. The van der Waals surface area contributed by atoms with Crippen LogP contribution in [-0.4, -0.2) is 23.8 Å². The van der Waals surface area contributed by atoms with Gasteiger partial charge in [-0.25, -0.2) is 0 Å². The van der Waals surface area contributed by atoms with E-state index < -0.39 is 28.8 Å². The number of halogens is 8. The van der Waals surface area contributed by atoms with E-state index in [2.05, 4.69) is 0 Å². The second-order valence-corrected chi connectivity index (χ2v) is 4.78. The summed E-state index contributed by atoms with van der Waals surface area (Å²) >= 11 is 5.50. The van der Waals surface area contributed by atoms with Crippen LogP contribution in [0.3, 0.4) is 0 Å². The highest BCUT2D eigenvalue weighted by molar-refractivity contribution is 6.50. The molecule has 0 aliphatic rings. The third-order valence-corrected chi connectivity index (χ3v) is 2.97. The van der Waals surface area contributed by atoms with E-state index in [1.807, 2.05) is 0 Å². The van der Waals surface area contributed by atoms with Crippen LogP contribution in [0, 0.1) is 6.92 Å². The smallest absolute Gasteiger partial charge is 0.288 e. The Bertz CT molecular complexity index is 587. The average Bonchev–Trinajstić information content (AvgIpc) is 2.37. The van der Waals surface area contributed by atoms with Crippen LogP contribution in [0.15, 0.2) is 30.3 Å². The maximum atomic E-state index is 13.1. The number of hydrogen-bond donors (Lipinski definition) is 0. The lowest BCUT2D eigenvalue weighted by Crippen LogP contribution is -2.55. The summed E-state index contributed by atoms with van der Waals surface area (Å²) < 4.78 is 87.5. The quantitative estimate of drug-likeness (QED) is 0.554. The van der Waals surface area contributed by atoms with Crippen molar-refractivity contribution in [1.29, 1.82) is 0 Å². The van der Waals surface area contributed by atoms with E-state index in [4.69, 9.17) is 11.6 Å². The van der Waals surface area contributed by atoms with Crippen LogP contribution in [0.5, 0.6) is 0 Å². The van der Waals surface area contributed by atoms with E-state index in [1.54, 1.807) is 6.92 Å². The van der Waals surface area contributed by atoms with Gasteiger partial charge in [-0.15, -0.1) is 0 Å². The Kier molecular flexibility index (Phi) is 4.96. The van der Waals surface area contributed by atoms with Crippen LogP contribution in [-0.2, 0) is 4.79 Å². The number of benzene rings is 1. The number of ketones is 1. The number of carbonyl (C=O) groups excluding carboxylic acids is 1. The molecule has 0 saturated heterocycles. The monoisotopic (exact) mass is 348 g/mol. The van der Waals surface area contributed by atoms with Crippen molar-refractivity contribution < 1.29 is 35.5 Å². The molecular formula is C13H8ClF7O. The Morgan fingerprint density at radius 2 is 1.45 bits per heavy atom. The van der Waals surface area contributed by atoms with Crippen molar-refractivity contribution in [2.24, 2.45) is 0 Å². The molecule has 0 aliphatic carbocycles. The Hall–Kier alpha value is -1.57. The molecule has 122 valence electrons. The van der Waals surface area contributed by atoms with Crippen molar-refractivity contribution in [1.82, 2.24) is 0 Å². The Morgan fingerprint density at radius 3 is 1.86 bits per heavy atom. The number of rotatable bonds is 4.